The molecule has 1 rings (SSSR count). The Morgan fingerprint density at radius 2 is 1.82 bits per heavy atom. The fraction of sp³-hybridized carbons (Fsp3) is 0.714. The SMILES string of the molecule is [B]C1OC([CH2-])C(C)C1[CH2-].[W].[Y]. The molecule has 0 spiro atoms. The zero-order chi connectivity index (χ0) is 7.02. The van der Waals surface area contributed by atoms with E-state index in [-0.39, 0.29) is 71.8 Å². The summed E-state index contributed by atoms with van der Waals surface area (Å²) >= 11 is 0. The average molecular weight is 395 g/mol. The van der Waals surface area contributed by atoms with E-state index in [0.29, 0.717) is 5.92 Å². The molecule has 1 fully saturated rings. The number of ether oxygens (including phenoxy) is 1. The van der Waals surface area contributed by atoms with Crippen LogP contribution >= 0.6 is 0 Å². The van der Waals surface area contributed by atoms with Crippen molar-refractivity contribution in [1.82, 2.24) is 0 Å². The molecule has 59 valence electrons. The molecule has 0 aromatic rings. The maximum atomic E-state index is 5.53. The van der Waals surface area contributed by atoms with E-state index >= 15 is 0 Å². The van der Waals surface area contributed by atoms with Gasteiger partial charge in [0, 0.05) is 53.8 Å². The zero-order valence-corrected chi connectivity index (χ0v) is 12.5. The summed E-state index contributed by atoms with van der Waals surface area (Å²) in [5.74, 6) is 0.590. The van der Waals surface area contributed by atoms with E-state index < -0.39 is 0 Å². The van der Waals surface area contributed by atoms with Crippen molar-refractivity contribution in [2.75, 3.05) is 0 Å². The van der Waals surface area contributed by atoms with Crippen molar-refractivity contribution < 1.29 is 58.5 Å². The number of rotatable bonds is 0. The summed E-state index contributed by atoms with van der Waals surface area (Å²) in [4.78, 5) is 0. The fourth-order valence-electron chi connectivity index (χ4n) is 1.00. The molecule has 0 saturated carbocycles. The van der Waals surface area contributed by atoms with Crippen molar-refractivity contribution in [1.29, 1.82) is 0 Å². The molecule has 0 aromatic carbocycles. The summed E-state index contributed by atoms with van der Waals surface area (Å²) in [6.45, 7) is 9.69. The topological polar surface area (TPSA) is 9.23 Å². The van der Waals surface area contributed by atoms with Gasteiger partial charge in [0.1, 0.15) is 7.85 Å². The molecule has 3 radical (unpaired) electrons. The van der Waals surface area contributed by atoms with Crippen LogP contribution in [0, 0.1) is 25.7 Å². The second kappa shape index (κ2) is 6.30. The molecule has 11 heavy (non-hydrogen) atoms. The number of hydrogen-bond acceptors (Lipinski definition) is 1. The van der Waals surface area contributed by atoms with Gasteiger partial charge in [0.2, 0.25) is 0 Å². The Balaban J connectivity index is 0. The molecule has 0 N–H and O–H groups in total. The molecule has 4 heteroatoms. The van der Waals surface area contributed by atoms with E-state index in [0.717, 1.165) is 0 Å². The van der Waals surface area contributed by atoms with E-state index in [4.69, 9.17) is 12.6 Å². The van der Waals surface area contributed by atoms with Crippen molar-refractivity contribution in [2.45, 2.75) is 19.0 Å². The Morgan fingerprint density at radius 3 is 1.91 bits per heavy atom. The first-order valence-electron chi connectivity index (χ1n) is 3.20. The van der Waals surface area contributed by atoms with E-state index in [1.54, 1.807) is 0 Å². The van der Waals surface area contributed by atoms with Crippen molar-refractivity contribution in [3.63, 3.8) is 0 Å². The first kappa shape index (κ1) is 15.3. The van der Waals surface area contributed by atoms with Crippen molar-refractivity contribution in [2.24, 2.45) is 11.8 Å². The first-order valence-corrected chi connectivity index (χ1v) is 3.20. The van der Waals surface area contributed by atoms with Crippen LogP contribution in [0.15, 0.2) is 0 Å². The molecule has 4 unspecified atom stereocenters. The van der Waals surface area contributed by atoms with Crippen LogP contribution in [-0.4, -0.2) is 20.0 Å². The van der Waals surface area contributed by atoms with Gasteiger partial charge >= 0.3 is 0 Å². The molecular formula is C7H11BOWY-2. The smallest absolute Gasteiger partial charge is 0.105 e. The maximum absolute atomic E-state index is 5.53. The summed E-state index contributed by atoms with van der Waals surface area (Å²) in [6, 6.07) is -0.206. The number of hydrogen-bond donors (Lipinski definition) is 0. The Morgan fingerprint density at radius 1 is 1.36 bits per heavy atom. The van der Waals surface area contributed by atoms with Crippen molar-refractivity contribution in [3.8, 4) is 0 Å². The quantitative estimate of drug-likeness (QED) is 0.436. The zero-order valence-electron chi connectivity index (χ0n) is 6.69. The van der Waals surface area contributed by atoms with E-state index in [1.165, 1.54) is 0 Å². The van der Waals surface area contributed by atoms with Crippen LogP contribution < -0.4 is 0 Å². The van der Waals surface area contributed by atoms with Crippen LogP contribution in [0.25, 0.3) is 0 Å². The third-order valence-electron chi connectivity index (χ3n) is 2.02. The molecule has 4 atom stereocenters. The normalized spacial score (nSPS) is 42.5. The van der Waals surface area contributed by atoms with E-state index in [9.17, 15) is 0 Å². The van der Waals surface area contributed by atoms with Gasteiger partial charge in [-0.3, -0.25) is 0 Å². The van der Waals surface area contributed by atoms with Crippen molar-refractivity contribution >= 4 is 7.85 Å². The average Bonchev–Trinajstić information content (AvgIpc) is 1.98. The Hall–Kier alpha value is 1.82. The van der Waals surface area contributed by atoms with Gasteiger partial charge in [0.25, 0.3) is 0 Å². The molecule has 1 aliphatic heterocycles. The maximum Gasteiger partial charge on any atom is 0.105 e. The molecule has 1 saturated heterocycles. The predicted molar refractivity (Wildman–Crippen MR) is 37.8 cm³/mol. The van der Waals surface area contributed by atoms with Crippen LogP contribution in [0.2, 0.25) is 0 Å². The van der Waals surface area contributed by atoms with Crippen LogP contribution in [0.3, 0.4) is 0 Å². The Kier molecular flexibility index (Phi) is 8.76. The molecule has 0 amide bonds. The predicted octanol–water partition coefficient (Wildman–Crippen LogP) is 0.795. The van der Waals surface area contributed by atoms with Gasteiger partial charge in [0.05, 0.1) is 0 Å². The monoisotopic (exact) mass is 395 g/mol. The van der Waals surface area contributed by atoms with Crippen LogP contribution in [-0.2, 0) is 58.5 Å². The van der Waals surface area contributed by atoms with Crippen LogP contribution in [0.1, 0.15) is 6.92 Å². The standard InChI is InChI=1S/C7H11BO.W.Y/c1-4-5(2)7(8)9-6(4)3;;/h4-7H,2-3H2,1H3;;/q-2;;. The van der Waals surface area contributed by atoms with Gasteiger partial charge < -0.3 is 18.6 Å². The molecular weight excluding hydrogens is 384 g/mol. The first-order chi connectivity index (χ1) is 4.13. The second-order valence-corrected chi connectivity index (χ2v) is 2.66. The minimum absolute atomic E-state index is 0. The molecule has 0 bridgehead atoms. The summed E-state index contributed by atoms with van der Waals surface area (Å²) in [7, 11) is 5.53. The minimum Gasteiger partial charge on any atom is -0.419 e. The fourth-order valence-corrected chi connectivity index (χ4v) is 1.00. The summed E-state index contributed by atoms with van der Waals surface area (Å²) < 4.78 is 5.19. The van der Waals surface area contributed by atoms with Gasteiger partial charge in [-0.05, 0) is 6.00 Å². The molecule has 1 heterocycles. The second-order valence-electron chi connectivity index (χ2n) is 2.66. The van der Waals surface area contributed by atoms with E-state index in [1.807, 2.05) is 0 Å². The van der Waals surface area contributed by atoms with Crippen LogP contribution in [0.5, 0.6) is 0 Å². The third kappa shape index (κ3) is 3.59. The molecule has 0 aliphatic carbocycles. The Bertz CT molecular complexity index is 103. The van der Waals surface area contributed by atoms with Gasteiger partial charge in [-0.1, -0.05) is 18.9 Å². The van der Waals surface area contributed by atoms with Gasteiger partial charge in [-0.15, -0.1) is 5.92 Å². The van der Waals surface area contributed by atoms with Gasteiger partial charge in [-0.2, -0.15) is 0 Å². The Labute approximate surface area is 110 Å². The minimum atomic E-state index is -0.206. The summed E-state index contributed by atoms with van der Waals surface area (Å²) in [6.07, 6.45) is 0.0301. The third-order valence-corrected chi connectivity index (χ3v) is 2.02. The summed E-state index contributed by atoms with van der Waals surface area (Å²) in [5.41, 5.74) is 0. The largest absolute Gasteiger partial charge is 0.419 e. The van der Waals surface area contributed by atoms with E-state index in [2.05, 4.69) is 20.8 Å². The molecule has 1 aliphatic rings. The van der Waals surface area contributed by atoms with Gasteiger partial charge in [-0.25, -0.2) is 0 Å². The summed E-state index contributed by atoms with van der Waals surface area (Å²) in [5, 5.41) is 0. The van der Waals surface area contributed by atoms with Crippen molar-refractivity contribution in [3.05, 3.63) is 13.8 Å². The van der Waals surface area contributed by atoms with Gasteiger partial charge in [0.15, 0.2) is 0 Å². The molecule has 0 aromatic heterocycles. The molecule has 1 nitrogen and oxygen atoms in total. The van der Waals surface area contributed by atoms with Crippen LogP contribution in [0.4, 0.5) is 0 Å².